The van der Waals surface area contributed by atoms with Crippen LogP contribution in [0.2, 0.25) is 0 Å². The average Bonchev–Trinajstić information content (AvgIpc) is 2.55. The standard InChI is InChI=1S/C8H6O3/c9-6-4-8(11-5-6)7-2-1-3-10-7/h1-4H,5H2. The predicted octanol–water partition coefficient (Wildman–Crippen LogP) is 1.22. The van der Waals surface area contributed by atoms with Gasteiger partial charge in [-0.3, -0.25) is 4.79 Å². The number of rotatable bonds is 1. The molecule has 0 amide bonds. The first-order chi connectivity index (χ1) is 5.36. The van der Waals surface area contributed by atoms with Gasteiger partial charge >= 0.3 is 0 Å². The van der Waals surface area contributed by atoms with Crippen LogP contribution in [0.5, 0.6) is 0 Å². The van der Waals surface area contributed by atoms with Crippen LogP contribution in [0, 0.1) is 0 Å². The van der Waals surface area contributed by atoms with Crippen LogP contribution in [0.3, 0.4) is 0 Å². The van der Waals surface area contributed by atoms with Crippen molar-refractivity contribution in [2.24, 2.45) is 0 Å². The van der Waals surface area contributed by atoms with E-state index in [9.17, 15) is 4.79 Å². The molecule has 2 rings (SSSR count). The maximum absolute atomic E-state index is 10.7. The Morgan fingerprint density at radius 1 is 1.45 bits per heavy atom. The van der Waals surface area contributed by atoms with Gasteiger partial charge in [0.25, 0.3) is 0 Å². The molecule has 1 aromatic heterocycles. The van der Waals surface area contributed by atoms with Crippen molar-refractivity contribution in [2.75, 3.05) is 6.61 Å². The van der Waals surface area contributed by atoms with E-state index in [4.69, 9.17) is 9.15 Å². The van der Waals surface area contributed by atoms with Crippen LogP contribution in [-0.2, 0) is 9.53 Å². The highest BCUT2D eigenvalue weighted by Gasteiger charge is 2.16. The molecule has 2 heterocycles. The zero-order valence-electron chi connectivity index (χ0n) is 5.74. The third kappa shape index (κ3) is 1.05. The molecule has 11 heavy (non-hydrogen) atoms. The molecule has 0 radical (unpaired) electrons. The van der Waals surface area contributed by atoms with Gasteiger partial charge in [-0.15, -0.1) is 0 Å². The molecule has 0 unspecified atom stereocenters. The fourth-order valence-electron chi connectivity index (χ4n) is 0.939. The summed E-state index contributed by atoms with van der Waals surface area (Å²) in [6, 6.07) is 3.51. The van der Waals surface area contributed by atoms with E-state index in [-0.39, 0.29) is 12.4 Å². The Hall–Kier alpha value is -1.51. The van der Waals surface area contributed by atoms with E-state index in [1.807, 2.05) is 0 Å². The van der Waals surface area contributed by atoms with Crippen LogP contribution in [0.25, 0.3) is 5.76 Å². The summed E-state index contributed by atoms with van der Waals surface area (Å²) in [6.07, 6.45) is 2.99. The second-order valence-electron chi connectivity index (χ2n) is 2.24. The first kappa shape index (κ1) is 6.22. The average molecular weight is 150 g/mol. The van der Waals surface area contributed by atoms with E-state index in [0.717, 1.165) is 0 Å². The van der Waals surface area contributed by atoms with Crippen LogP contribution < -0.4 is 0 Å². The van der Waals surface area contributed by atoms with E-state index in [1.54, 1.807) is 18.4 Å². The van der Waals surface area contributed by atoms with E-state index < -0.39 is 0 Å². The normalized spacial score (nSPS) is 16.4. The van der Waals surface area contributed by atoms with Crippen molar-refractivity contribution in [3.8, 4) is 0 Å². The molecule has 3 heteroatoms. The molecule has 0 saturated carbocycles. The highest BCUT2D eigenvalue weighted by Crippen LogP contribution is 2.19. The quantitative estimate of drug-likeness (QED) is 0.604. The van der Waals surface area contributed by atoms with Gasteiger partial charge in [-0.1, -0.05) is 0 Å². The van der Waals surface area contributed by atoms with Crippen molar-refractivity contribution >= 4 is 11.5 Å². The van der Waals surface area contributed by atoms with Gasteiger partial charge in [-0.25, -0.2) is 0 Å². The van der Waals surface area contributed by atoms with Crippen LogP contribution >= 0.6 is 0 Å². The van der Waals surface area contributed by atoms with Gasteiger partial charge in [0.1, 0.15) is 0 Å². The molecule has 3 nitrogen and oxygen atoms in total. The molecular weight excluding hydrogens is 144 g/mol. The highest BCUT2D eigenvalue weighted by atomic mass is 16.5. The number of ketones is 1. The van der Waals surface area contributed by atoms with Gasteiger partial charge in [0.05, 0.1) is 6.26 Å². The number of ether oxygens (including phenoxy) is 1. The van der Waals surface area contributed by atoms with Gasteiger partial charge in [0, 0.05) is 6.08 Å². The lowest BCUT2D eigenvalue weighted by molar-refractivity contribution is -0.115. The maximum atomic E-state index is 10.7. The Labute approximate surface area is 63.3 Å². The summed E-state index contributed by atoms with van der Waals surface area (Å²) in [7, 11) is 0. The first-order valence-electron chi connectivity index (χ1n) is 3.27. The Morgan fingerprint density at radius 2 is 2.36 bits per heavy atom. The minimum absolute atomic E-state index is 0.0172. The third-order valence-corrected chi connectivity index (χ3v) is 1.43. The lowest BCUT2D eigenvalue weighted by atomic mass is 10.3. The van der Waals surface area contributed by atoms with Crippen molar-refractivity contribution in [1.82, 2.24) is 0 Å². The van der Waals surface area contributed by atoms with Gasteiger partial charge in [-0.05, 0) is 12.1 Å². The number of carbonyl (C=O) groups is 1. The van der Waals surface area contributed by atoms with Crippen LogP contribution in [0.1, 0.15) is 5.76 Å². The van der Waals surface area contributed by atoms with E-state index in [2.05, 4.69) is 0 Å². The smallest absolute Gasteiger partial charge is 0.196 e. The van der Waals surface area contributed by atoms with Crippen LogP contribution in [0.4, 0.5) is 0 Å². The summed E-state index contributed by atoms with van der Waals surface area (Å²) in [4.78, 5) is 10.7. The molecule has 1 aliphatic rings. The van der Waals surface area contributed by atoms with Gasteiger partial charge < -0.3 is 9.15 Å². The number of carbonyl (C=O) groups excluding carboxylic acids is 1. The Kier molecular flexibility index (Phi) is 1.28. The lowest BCUT2D eigenvalue weighted by Gasteiger charge is -1.95. The molecule has 1 aliphatic heterocycles. The summed E-state index contributed by atoms with van der Waals surface area (Å²) < 4.78 is 10.0. The second-order valence-corrected chi connectivity index (χ2v) is 2.24. The molecule has 0 spiro atoms. The Bertz CT molecular complexity index is 295. The maximum Gasteiger partial charge on any atom is 0.196 e. The fraction of sp³-hybridized carbons (Fsp3) is 0.125. The molecule has 1 aromatic rings. The molecule has 0 atom stereocenters. The number of hydrogen-bond acceptors (Lipinski definition) is 3. The van der Waals surface area contributed by atoms with Crippen molar-refractivity contribution in [3.05, 3.63) is 30.2 Å². The van der Waals surface area contributed by atoms with E-state index >= 15 is 0 Å². The van der Waals surface area contributed by atoms with Gasteiger partial charge in [0.2, 0.25) is 0 Å². The van der Waals surface area contributed by atoms with Gasteiger partial charge in [0.15, 0.2) is 23.9 Å². The SMILES string of the molecule is O=C1C=C(c2ccco2)OC1. The predicted molar refractivity (Wildman–Crippen MR) is 37.6 cm³/mol. The van der Waals surface area contributed by atoms with Crippen molar-refractivity contribution < 1.29 is 13.9 Å². The monoisotopic (exact) mass is 150 g/mol. The fourth-order valence-corrected chi connectivity index (χ4v) is 0.939. The highest BCUT2D eigenvalue weighted by molar-refractivity contribution is 5.99. The van der Waals surface area contributed by atoms with Crippen molar-refractivity contribution in [2.45, 2.75) is 0 Å². The van der Waals surface area contributed by atoms with E-state index in [0.29, 0.717) is 11.5 Å². The number of furan rings is 1. The minimum atomic E-state index is -0.0172. The molecule has 0 N–H and O–H groups in total. The summed E-state index contributed by atoms with van der Waals surface area (Å²) in [5.74, 6) is 1.12. The summed E-state index contributed by atoms with van der Waals surface area (Å²) in [5.41, 5.74) is 0. The van der Waals surface area contributed by atoms with Crippen molar-refractivity contribution in [3.63, 3.8) is 0 Å². The number of hydrogen-bond donors (Lipinski definition) is 0. The molecule has 0 saturated heterocycles. The minimum Gasteiger partial charge on any atom is -0.481 e. The van der Waals surface area contributed by atoms with Gasteiger partial charge in [-0.2, -0.15) is 0 Å². The topological polar surface area (TPSA) is 39.4 Å². The largest absolute Gasteiger partial charge is 0.481 e. The lowest BCUT2D eigenvalue weighted by Crippen LogP contribution is -1.92. The van der Waals surface area contributed by atoms with Crippen LogP contribution in [-0.4, -0.2) is 12.4 Å². The van der Waals surface area contributed by atoms with Crippen LogP contribution in [0.15, 0.2) is 28.9 Å². The molecule has 0 aromatic carbocycles. The zero-order chi connectivity index (χ0) is 7.68. The first-order valence-corrected chi connectivity index (χ1v) is 3.27. The summed E-state index contributed by atoms with van der Waals surface area (Å²) >= 11 is 0. The molecular formula is C8H6O3. The Morgan fingerprint density at radius 3 is 2.91 bits per heavy atom. The molecule has 56 valence electrons. The molecule has 0 fully saturated rings. The summed E-state index contributed by atoms with van der Waals surface area (Å²) in [5, 5.41) is 0. The molecule has 0 aliphatic carbocycles. The Balaban J connectivity index is 2.31. The second kappa shape index (κ2) is 2.27. The van der Waals surface area contributed by atoms with Crippen molar-refractivity contribution in [1.29, 1.82) is 0 Å². The zero-order valence-corrected chi connectivity index (χ0v) is 5.74. The van der Waals surface area contributed by atoms with E-state index in [1.165, 1.54) is 6.08 Å². The summed E-state index contributed by atoms with van der Waals surface area (Å²) in [6.45, 7) is 0.135. The third-order valence-electron chi connectivity index (χ3n) is 1.43. The molecule has 0 bridgehead atoms.